The molecule has 1 aromatic carbocycles. The first kappa shape index (κ1) is 22.8. The number of esters is 1. The first-order valence-corrected chi connectivity index (χ1v) is 9.98. The molecular weight excluding hydrogens is 372 g/mol. The van der Waals surface area contributed by atoms with Crippen LogP contribution in [0.4, 0.5) is 5.69 Å². The first-order valence-electron chi connectivity index (χ1n) is 8.82. The zero-order chi connectivity index (χ0) is 18.1. The molecule has 7 heteroatoms. The van der Waals surface area contributed by atoms with Gasteiger partial charge in [0.05, 0.1) is 12.9 Å². The summed E-state index contributed by atoms with van der Waals surface area (Å²) in [5.74, 6) is 1.94. The van der Waals surface area contributed by atoms with E-state index in [2.05, 4.69) is 22.3 Å². The van der Waals surface area contributed by atoms with Gasteiger partial charge in [-0.05, 0) is 55.5 Å². The Kier molecular flexibility index (Phi) is 10.7. The van der Waals surface area contributed by atoms with Crippen molar-refractivity contribution in [2.24, 2.45) is 11.8 Å². The number of amides is 1. The molecule has 2 rings (SSSR count). The molecule has 146 valence electrons. The van der Waals surface area contributed by atoms with Crippen molar-refractivity contribution in [2.75, 3.05) is 31.3 Å². The molecule has 1 fully saturated rings. The van der Waals surface area contributed by atoms with Gasteiger partial charge < -0.3 is 15.4 Å². The highest BCUT2D eigenvalue weighted by Crippen LogP contribution is 2.25. The molecule has 1 unspecified atom stereocenters. The number of methoxy groups -OCH3 is 1. The van der Waals surface area contributed by atoms with Crippen LogP contribution in [0.2, 0.25) is 0 Å². The van der Waals surface area contributed by atoms with E-state index in [0.717, 1.165) is 37.2 Å². The van der Waals surface area contributed by atoms with Crippen LogP contribution in [0.1, 0.15) is 31.7 Å². The van der Waals surface area contributed by atoms with E-state index < -0.39 is 0 Å². The lowest BCUT2D eigenvalue weighted by atomic mass is 9.84. The Morgan fingerprint density at radius 2 is 2.08 bits per heavy atom. The van der Waals surface area contributed by atoms with Crippen LogP contribution in [0.15, 0.2) is 24.3 Å². The van der Waals surface area contributed by atoms with Gasteiger partial charge in [0.15, 0.2) is 0 Å². The van der Waals surface area contributed by atoms with E-state index in [0.29, 0.717) is 29.8 Å². The Morgan fingerprint density at radius 1 is 1.35 bits per heavy atom. The molecule has 1 saturated heterocycles. The van der Waals surface area contributed by atoms with E-state index in [1.54, 1.807) is 0 Å². The van der Waals surface area contributed by atoms with Crippen LogP contribution in [0, 0.1) is 11.8 Å². The average molecular weight is 401 g/mol. The number of halogens is 1. The van der Waals surface area contributed by atoms with Crippen molar-refractivity contribution in [3.8, 4) is 0 Å². The number of nitrogens with one attached hydrogen (secondary N) is 2. The summed E-state index contributed by atoms with van der Waals surface area (Å²) in [6.07, 6.45) is 2.87. The van der Waals surface area contributed by atoms with Crippen molar-refractivity contribution in [3.05, 3.63) is 29.8 Å². The molecule has 0 aromatic heterocycles. The number of carbonyl (C=O) groups is 2. The minimum absolute atomic E-state index is 0. The zero-order valence-electron chi connectivity index (χ0n) is 15.5. The maximum Gasteiger partial charge on any atom is 0.315 e. The molecule has 1 atom stereocenters. The fourth-order valence-electron chi connectivity index (χ4n) is 3.13. The van der Waals surface area contributed by atoms with Gasteiger partial charge in [0.1, 0.15) is 0 Å². The van der Waals surface area contributed by atoms with Gasteiger partial charge in [0, 0.05) is 17.9 Å². The topological polar surface area (TPSA) is 67.4 Å². The average Bonchev–Trinajstić information content (AvgIpc) is 2.62. The van der Waals surface area contributed by atoms with Gasteiger partial charge >= 0.3 is 5.97 Å². The summed E-state index contributed by atoms with van der Waals surface area (Å²) in [7, 11) is 1.39. The van der Waals surface area contributed by atoms with Gasteiger partial charge in [-0.15, -0.1) is 24.2 Å². The largest absolute Gasteiger partial charge is 0.468 e. The maximum absolute atomic E-state index is 12.3. The summed E-state index contributed by atoms with van der Waals surface area (Å²) in [5.41, 5.74) is 1.90. The number of thioether (sulfide) groups is 1. The third-order valence-electron chi connectivity index (χ3n) is 4.62. The van der Waals surface area contributed by atoms with Crippen LogP contribution in [0.3, 0.4) is 0 Å². The minimum atomic E-state index is -0.221. The Bertz CT molecular complexity index is 580. The summed E-state index contributed by atoms with van der Waals surface area (Å²) in [6, 6.07) is 7.80. The predicted octanol–water partition coefficient (Wildman–Crippen LogP) is 3.48. The molecule has 1 aliphatic heterocycles. The number of anilines is 1. The first-order chi connectivity index (χ1) is 12.1. The molecule has 1 aromatic rings. The van der Waals surface area contributed by atoms with E-state index in [4.69, 9.17) is 0 Å². The normalized spacial score (nSPS) is 15.6. The van der Waals surface area contributed by atoms with Crippen molar-refractivity contribution in [2.45, 2.75) is 31.9 Å². The second-order valence-electron chi connectivity index (χ2n) is 6.59. The van der Waals surface area contributed by atoms with Gasteiger partial charge in [-0.25, -0.2) is 0 Å². The van der Waals surface area contributed by atoms with Crippen LogP contribution in [0.25, 0.3) is 0 Å². The highest BCUT2D eigenvalue weighted by molar-refractivity contribution is 7.99. The minimum Gasteiger partial charge on any atom is -0.468 e. The van der Waals surface area contributed by atoms with Crippen molar-refractivity contribution < 1.29 is 14.3 Å². The Balaban J connectivity index is 0.00000338. The van der Waals surface area contributed by atoms with E-state index >= 15 is 0 Å². The van der Waals surface area contributed by atoms with E-state index in [1.807, 2.05) is 24.3 Å². The molecular formula is C19H29ClN2O3S. The Hall–Kier alpha value is -1.24. The van der Waals surface area contributed by atoms with Gasteiger partial charge in [-0.2, -0.15) is 0 Å². The Labute approximate surface area is 166 Å². The van der Waals surface area contributed by atoms with Crippen LogP contribution < -0.4 is 10.6 Å². The van der Waals surface area contributed by atoms with Crippen molar-refractivity contribution in [1.29, 1.82) is 0 Å². The number of ether oxygens (including phenoxy) is 1. The molecule has 0 radical (unpaired) electrons. The Morgan fingerprint density at radius 3 is 2.77 bits per heavy atom. The molecule has 26 heavy (non-hydrogen) atoms. The molecule has 1 heterocycles. The van der Waals surface area contributed by atoms with Crippen molar-refractivity contribution in [3.63, 3.8) is 0 Å². The molecule has 5 nitrogen and oxygen atoms in total. The van der Waals surface area contributed by atoms with Crippen molar-refractivity contribution in [1.82, 2.24) is 5.32 Å². The number of hydrogen-bond acceptors (Lipinski definition) is 5. The summed E-state index contributed by atoms with van der Waals surface area (Å²) in [6.45, 7) is 4.29. The monoisotopic (exact) mass is 400 g/mol. The zero-order valence-corrected chi connectivity index (χ0v) is 17.1. The molecule has 0 bridgehead atoms. The second-order valence-corrected chi connectivity index (χ2v) is 7.57. The van der Waals surface area contributed by atoms with Crippen LogP contribution in [0.5, 0.6) is 0 Å². The third kappa shape index (κ3) is 7.98. The van der Waals surface area contributed by atoms with Crippen LogP contribution in [-0.2, 0) is 20.1 Å². The second kappa shape index (κ2) is 12.2. The molecule has 0 saturated carbocycles. The summed E-state index contributed by atoms with van der Waals surface area (Å²) < 4.78 is 4.63. The smallest absolute Gasteiger partial charge is 0.315 e. The molecule has 0 aliphatic carbocycles. The lowest BCUT2D eigenvalue weighted by Crippen LogP contribution is -2.32. The standard InChI is InChI=1S/C19H28N2O3S.ClH/c1-14(16-6-8-20-9-7-16)10-18(22)21-17-5-3-4-15(11-17)12-25-13-19(23)24-2;/h3-5,11,14,16,20H,6-10,12-13H2,1-2H3,(H,21,22);1H. The highest BCUT2D eigenvalue weighted by atomic mass is 35.5. The highest BCUT2D eigenvalue weighted by Gasteiger charge is 2.22. The van der Waals surface area contributed by atoms with E-state index in [1.165, 1.54) is 18.9 Å². The SMILES string of the molecule is COC(=O)CSCc1cccc(NC(=O)CC(C)C2CCNCC2)c1.Cl. The molecule has 0 spiro atoms. The van der Waals surface area contributed by atoms with Gasteiger partial charge in [-0.1, -0.05) is 19.1 Å². The summed E-state index contributed by atoms with van der Waals surface area (Å²) >= 11 is 1.50. The fraction of sp³-hybridized carbons (Fsp3) is 0.579. The maximum atomic E-state index is 12.3. The summed E-state index contributed by atoms with van der Waals surface area (Å²) in [4.78, 5) is 23.5. The molecule has 1 amide bonds. The third-order valence-corrected chi connectivity index (χ3v) is 5.60. The van der Waals surface area contributed by atoms with Crippen LogP contribution >= 0.6 is 24.2 Å². The molecule has 2 N–H and O–H groups in total. The number of carbonyl (C=O) groups excluding carboxylic acids is 2. The van der Waals surface area contributed by atoms with Crippen molar-refractivity contribution >= 4 is 41.7 Å². The van der Waals surface area contributed by atoms with Gasteiger partial charge in [0.2, 0.25) is 5.91 Å². The predicted molar refractivity (Wildman–Crippen MR) is 110 cm³/mol. The number of piperidine rings is 1. The van der Waals surface area contributed by atoms with E-state index in [-0.39, 0.29) is 24.3 Å². The number of rotatable bonds is 8. The van der Waals surface area contributed by atoms with E-state index in [9.17, 15) is 9.59 Å². The number of benzene rings is 1. The summed E-state index contributed by atoms with van der Waals surface area (Å²) in [5, 5.41) is 6.37. The fourth-order valence-corrected chi connectivity index (χ4v) is 3.94. The van der Waals surface area contributed by atoms with Gasteiger partial charge in [-0.3, -0.25) is 9.59 Å². The lowest BCUT2D eigenvalue weighted by molar-refractivity contribution is -0.137. The lowest BCUT2D eigenvalue weighted by Gasteiger charge is -2.27. The quantitative estimate of drug-likeness (QED) is 0.654. The number of hydrogen-bond donors (Lipinski definition) is 2. The van der Waals surface area contributed by atoms with Crippen LogP contribution in [-0.4, -0.2) is 37.8 Å². The van der Waals surface area contributed by atoms with Gasteiger partial charge in [0.25, 0.3) is 0 Å². The molecule has 1 aliphatic rings.